The van der Waals surface area contributed by atoms with Gasteiger partial charge in [-0.15, -0.1) is 0 Å². The monoisotopic (exact) mass is 422 g/mol. The van der Waals surface area contributed by atoms with Crippen molar-refractivity contribution >= 4 is 17.9 Å². The molecule has 0 radical (unpaired) electrons. The Morgan fingerprint density at radius 3 is 2.42 bits per heavy atom. The summed E-state index contributed by atoms with van der Waals surface area (Å²) < 4.78 is 23.7. The molecule has 6 nitrogen and oxygen atoms in total. The van der Waals surface area contributed by atoms with Gasteiger partial charge in [-0.1, -0.05) is 18.2 Å². The van der Waals surface area contributed by atoms with Gasteiger partial charge in [0.25, 0.3) is 0 Å². The van der Waals surface area contributed by atoms with E-state index in [2.05, 4.69) is 0 Å². The van der Waals surface area contributed by atoms with E-state index in [-0.39, 0.29) is 36.3 Å². The van der Waals surface area contributed by atoms with Gasteiger partial charge in [-0.05, 0) is 53.8 Å². The van der Waals surface area contributed by atoms with Crippen LogP contribution < -0.4 is 9.47 Å². The van der Waals surface area contributed by atoms with E-state index < -0.39 is 0 Å². The van der Waals surface area contributed by atoms with Crippen LogP contribution in [0.2, 0.25) is 0 Å². The van der Waals surface area contributed by atoms with Crippen molar-refractivity contribution in [2.75, 3.05) is 33.0 Å². The van der Waals surface area contributed by atoms with Gasteiger partial charge in [-0.2, -0.15) is 0 Å². The summed E-state index contributed by atoms with van der Waals surface area (Å²) in [6.45, 7) is 2.33. The fraction of sp³-hybridized carbons (Fsp3) is 0.333. The van der Waals surface area contributed by atoms with E-state index in [0.717, 1.165) is 17.5 Å². The summed E-state index contributed by atoms with van der Waals surface area (Å²) in [7, 11) is 0. The number of ether oxygens (including phenoxy) is 2. The zero-order valence-corrected chi connectivity index (χ0v) is 17.0. The summed E-state index contributed by atoms with van der Waals surface area (Å²) in [5.74, 6) is 1.34. The van der Waals surface area contributed by atoms with Crippen molar-refractivity contribution in [1.29, 1.82) is 0 Å². The van der Waals surface area contributed by atoms with Gasteiger partial charge in [0, 0.05) is 38.2 Å². The Labute approximate surface area is 179 Å². The fourth-order valence-electron chi connectivity index (χ4n) is 4.22. The second kappa shape index (κ2) is 8.06. The Morgan fingerprint density at radius 1 is 0.935 bits per heavy atom. The van der Waals surface area contributed by atoms with Crippen molar-refractivity contribution in [1.82, 2.24) is 9.80 Å². The zero-order chi connectivity index (χ0) is 21.4. The average Bonchev–Trinajstić information content (AvgIpc) is 3.46. The third-order valence-electron chi connectivity index (χ3n) is 6.12. The molecule has 31 heavy (non-hydrogen) atoms. The van der Waals surface area contributed by atoms with E-state index in [1.165, 1.54) is 12.1 Å². The fourth-order valence-corrected chi connectivity index (χ4v) is 4.22. The van der Waals surface area contributed by atoms with E-state index >= 15 is 0 Å². The molecule has 7 heteroatoms. The van der Waals surface area contributed by atoms with Crippen LogP contribution in [0.3, 0.4) is 0 Å². The van der Waals surface area contributed by atoms with E-state index in [1.807, 2.05) is 23.1 Å². The standard InChI is InChI=1S/C24H23FN2O4/c25-18-5-3-17(4-6-18)19-14-20(19)24(29)27-11-9-26(10-12-27)23(28)8-2-16-1-7-21-22(13-16)31-15-30-21/h1-8,13,19-20H,9-12,14-15H2/b8-2+/t19-,20+/m0/s1. The van der Waals surface area contributed by atoms with Crippen LogP contribution in [0.5, 0.6) is 11.5 Å². The molecule has 2 aromatic carbocycles. The number of fused-ring (bicyclic) bond motifs is 1. The molecule has 2 atom stereocenters. The molecule has 5 rings (SSSR count). The van der Waals surface area contributed by atoms with Crippen molar-refractivity contribution < 1.29 is 23.5 Å². The number of piperazine rings is 1. The van der Waals surface area contributed by atoms with Gasteiger partial charge in [-0.3, -0.25) is 9.59 Å². The summed E-state index contributed by atoms with van der Waals surface area (Å²) in [4.78, 5) is 29.0. The first-order valence-corrected chi connectivity index (χ1v) is 10.5. The van der Waals surface area contributed by atoms with Gasteiger partial charge in [0.1, 0.15) is 5.82 Å². The number of halogens is 1. The maximum atomic E-state index is 13.1. The number of hydrogen-bond donors (Lipinski definition) is 0. The summed E-state index contributed by atoms with van der Waals surface area (Å²) in [6, 6.07) is 11.9. The van der Waals surface area contributed by atoms with Gasteiger partial charge in [-0.25, -0.2) is 4.39 Å². The SMILES string of the molecule is O=C(/C=C/c1ccc2c(c1)OCO2)N1CCN(C(=O)[C@@H]2C[C@H]2c2ccc(F)cc2)CC1. The Bertz CT molecular complexity index is 1030. The van der Waals surface area contributed by atoms with Crippen LogP contribution in [0.25, 0.3) is 6.08 Å². The molecule has 2 amide bonds. The predicted octanol–water partition coefficient (Wildman–Crippen LogP) is 3.04. The minimum absolute atomic E-state index is 0.0291. The van der Waals surface area contributed by atoms with Crippen molar-refractivity contribution in [2.45, 2.75) is 12.3 Å². The lowest BCUT2D eigenvalue weighted by atomic mass is 10.1. The Hall–Kier alpha value is -3.35. The number of hydrogen-bond acceptors (Lipinski definition) is 4. The van der Waals surface area contributed by atoms with Gasteiger partial charge in [0.2, 0.25) is 18.6 Å². The van der Waals surface area contributed by atoms with E-state index in [9.17, 15) is 14.0 Å². The summed E-state index contributed by atoms with van der Waals surface area (Å²) in [5, 5.41) is 0. The first-order chi connectivity index (χ1) is 15.1. The van der Waals surface area contributed by atoms with Crippen molar-refractivity contribution in [3.05, 3.63) is 65.5 Å². The van der Waals surface area contributed by atoms with E-state index in [0.29, 0.717) is 37.7 Å². The summed E-state index contributed by atoms with van der Waals surface area (Å²) in [6.07, 6.45) is 4.13. The van der Waals surface area contributed by atoms with Crippen molar-refractivity contribution in [3.8, 4) is 11.5 Å². The highest BCUT2D eigenvalue weighted by atomic mass is 19.1. The van der Waals surface area contributed by atoms with Gasteiger partial charge < -0.3 is 19.3 Å². The normalized spacial score (nSPS) is 22.1. The molecule has 2 aromatic rings. The number of rotatable bonds is 4. The minimum atomic E-state index is -0.263. The van der Waals surface area contributed by atoms with Crippen LogP contribution in [-0.4, -0.2) is 54.6 Å². The lowest BCUT2D eigenvalue weighted by Gasteiger charge is -2.34. The Kier molecular flexibility index (Phi) is 5.10. The first-order valence-electron chi connectivity index (χ1n) is 10.5. The largest absolute Gasteiger partial charge is 0.454 e. The van der Waals surface area contributed by atoms with Crippen LogP contribution in [0, 0.1) is 11.7 Å². The number of amides is 2. The van der Waals surface area contributed by atoms with Crippen LogP contribution in [0.1, 0.15) is 23.5 Å². The Morgan fingerprint density at radius 2 is 1.65 bits per heavy atom. The third kappa shape index (κ3) is 4.13. The molecule has 1 aliphatic carbocycles. The molecule has 0 unspecified atom stereocenters. The summed E-state index contributed by atoms with van der Waals surface area (Å²) >= 11 is 0. The molecule has 1 saturated heterocycles. The smallest absolute Gasteiger partial charge is 0.246 e. The molecular formula is C24H23FN2O4. The molecular weight excluding hydrogens is 399 g/mol. The average molecular weight is 422 g/mol. The maximum Gasteiger partial charge on any atom is 0.246 e. The highest BCUT2D eigenvalue weighted by Crippen LogP contribution is 2.48. The lowest BCUT2D eigenvalue weighted by molar-refractivity contribution is -0.138. The lowest BCUT2D eigenvalue weighted by Crippen LogP contribution is -2.50. The third-order valence-corrected chi connectivity index (χ3v) is 6.12. The molecule has 0 bridgehead atoms. The predicted molar refractivity (Wildman–Crippen MR) is 112 cm³/mol. The first kappa shape index (κ1) is 19.6. The van der Waals surface area contributed by atoms with Gasteiger partial charge in [0.05, 0.1) is 0 Å². The van der Waals surface area contributed by atoms with Crippen LogP contribution in [0.15, 0.2) is 48.5 Å². The van der Waals surface area contributed by atoms with Crippen LogP contribution >= 0.6 is 0 Å². The van der Waals surface area contributed by atoms with Gasteiger partial charge in [0.15, 0.2) is 11.5 Å². The Balaban J connectivity index is 1.12. The number of carbonyl (C=O) groups excluding carboxylic acids is 2. The highest BCUT2D eigenvalue weighted by Gasteiger charge is 2.46. The molecule has 0 spiro atoms. The minimum Gasteiger partial charge on any atom is -0.454 e. The topological polar surface area (TPSA) is 59.1 Å². The number of nitrogens with zero attached hydrogens (tertiary/aromatic N) is 2. The molecule has 2 heterocycles. The van der Waals surface area contributed by atoms with Crippen molar-refractivity contribution in [2.24, 2.45) is 5.92 Å². The van der Waals surface area contributed by atoms with E-state index in [1.54, 1.807) is 29.2 Å². The van der Waals surface area contributed by atoms with Gasteiger partial charge >= 0.3 is 0 Å². The van der Waals surface area contributed by atoms with Crippen molar-refractivity contribution in [3.63, 3.8) is 0 Å². The second-order valence-electron chi connectivity index (χ2n) is 8.10. The van der Waals surface area contributed by atoms with Crippen LogP contribution in [-0.2, 0) is 9.59 Å². The highest BCUT2D eigenvalue weighted by molar-refractivity contribution is 5.92. The number of carbonyl (C=O) groups is 2. The maximum absolute atomic E-state index is 13.1. The summed E-state index contributed by atoms with van der Waals surface area (Å²) in [5.41, 5.74) is 1.88. The molecule has 0 aromatic heterocycles. The molecule has 2 aliphatic heterocycles. The second-order valence-corrected chi connectivity index (χ2v) is 8.10. The molecule has 160 valence electrons. The van der Waals surface area contributed by atoms with E-state index in [4.69, 9.17) is 9.47 Å². The van der Waals surface area contributed by atoms with Crippen LogP contribution in [0.4, 0.5) is 4.39 Å². The molecule has 2 fully saturated rings. The number of benzene rings is 2. The zero-order valence-electron chi connectivity index (χ0n) is 17.0. The quantitative estimate of drug-likeness (QED) is 0.711. The molecule has 1 saturated carbocycles. The molecule has 3 aliphatic rings. The molecule has 0 N–H and O–H groups in total.